The highest BCUT2D eigenvalue weighted by Crippen LogP contribution is 2.26. The minimum Gasteiger partial charge on any atom is -0.0911 e. The van der Waals surface area contributed by atoms with E-state index in [1.54, 1.807) is 0 Å². The fourth-order valence-corrected chi connectivity index (χ4v) is 2.44. The highest BCUT2D eigenvalue weighted by atomic mass is 35.5. The zero-order valence-corrected chi connectivity index (χ0v) is 12.5. The molecule has 0 heterocycles. The normalized spacial score (nSPS) is 10.9. The van der Waals surface area contributed by atoms with Crippen molar-refractivity contribution in [3.05, 3.63) is 82.9 Å². The van der Waals surface area contributed by atoms with Crippen LogP contribution in [0, 0.1) is 0 Å². The molecule has 0 aliphatic rings. The standard InChI is InChI=1S/C19H19Cl/c1-3-7-17-12-13-18(19(20)14-17)15(2)10-11-16-8-5-4-6-9-16/h4-6,8-14H,2-3,7H2,1H3/b11-10+. The first-order chi connectivity index (χ1) is 9.70. The van der Waals surface area contributed by atoms with Crippen molar-refractivity contribution in [2.45, 2.75) is 19.8 Å². The van der Waals surface area contributed by atoms with Crippen LogP contribution in [0.4, 0.5) is 0 Å². The van der Waals surface area contributed by atoms with Crippen LogP contribution < -0.4 is 0 Å². The predicted octanol–water partition coefficient (Wildman–Crippen LogP) is 6.02. The van der Waals surface area contributed by atoms with Gasteiger partial charge in [-0.05, 0) is 34.8 Å². The summed E-state index contributed by atoms with van der Waals surface area (Å²) in [6.07, 6.45) is 6.26. The highest BCUT2D eigenvalue weighted by molar-refractivity contribution is 6.32. The number of hydrogen-bond donors (Lipinski definition) is 0. The van der Waals surface area contributed by atoms with Crippen LogP contribution in [0.2, 0.25) is 5.02 Å². The van der Waals surface area contributed by atoms with Crippen molar-refractivity contribution in [3.63, 3.8) is 0 Å². The molecule has 0 aliphatic heterocycles. The summed E-state index contributed by atoms with van der Waals surface area (Å²) in [6.45, 7) is 6.28. The summed E-state index contributed by atoms with van der Waals surface area (Å²) in [6, 6.07) is 16.4. The molecule has 0 saturated carbocycles. The van der Waals surface area contributed by atoms with Crippen LogP contribution in [0.3, 0.4) is 0 Å². The SMILES string of the molecule is C=C(/C=C/c1ccccc1)c1ccc(CCC)cc1Cl. The molecule has 0 aromatic heterocycles. The molecule has 20 heavy (non-hydrogen) atoms. The van der Waals surface area contributed by atoms with E-state index in [0.717, 1.165) is 34.6 Å². The maximum absolute atomic E-state index is 6.35. The second-order valence-electron chi connectivity index (χ2n) is 4.83. The van der Waals surface area contributed by atoms with Crippen molar-refractivity contribution in [2.75, 3.05) is 0 Å². The van der Waals surface area contributed by atoms with E-state index in [9.17, 15) is 0 Å². The Bertz CT molecular complexity index is 609. The zero-order chi connectivity index (χ0) is 14.4. The van der Waals surface area contributed by atoms with Gasteiger partial charge in [-0.15, -0.1) is 0 Å². The fraction of sp³-hybridized carbons (Fsp3) is 0.158. The van der Waals surface area contributed by atoms with Crippen molar-refractivity contribution >= 4 is 23.3 Å². The van der Waals surface area contributed by atoms with Gasteiger partial charge in [0.25, 0.3) is 0 Å². The number of aryl methyl sites for hydroxylation is 1. The van der Waals surface area contributed by atoms with Crippen LogP contribution >= 0.6 is 11.6 Å². The van der Waals surface area contributed by atoms with Gasteiger partial charge in [0.2, 0.25) is 0 Å². The average molecular weight is 283 g/mol. The van der Waals surface area contributed by atoms with E-state index in [1.165, 1.54) is 5.56 Å². The molecular formula is C19H19Cl. The molecule has 102 valence electrons. The number of halogens is 1. The minimum atomic E-state index is 0.777. The van der Waals surface area contributed by atoms with Crippen molar-refractivity contribution in [2.24, 2.45) is 0 Å². The second kappa shape index (κ2) is 7.12. The lowest BCUT2D eigenvalue weighted by atomic mass is 10.0. The van der Waals surface area contributed by atoms with Crippen molar-refractivity contribution in [3.8, 4) is 0 Å². The Morgan fingerprint density at radius 2 is 1.90 bits per heavy atom. The van der Waals surface area contributed by atoms with Crippen LogP contribution in [0.15, 0.2) is 61.2 Å². The largest absolute Gasteiger partial charge is 0.0911 e. The summed E-state index contributed by atoms with van der Waals surface area (Å²) >= 11 is 6.35. The monoisotopic (exact) mass is 282 g/mol. The van der Waals surface area contributed by atoms with Crippen LogP contribution in [0.5, 0.6) is 0 Å². The van der Waals surface area contributed by atoms with Gasteiger partial charge in [-0.25, -0.2) is 0 Å². The Kier molecular flexibility index (Phi) is 5.20. The first-order valence-electron chi connectivity index (χ1n) is 6.91. The molecule has 0 aliphatic carbocycles. The van der Waals surface area contributed by atoms with E-state index >= 15 is 0 Å². The fourth-order valence-electron chi connectivity index (χ4n) is 2.11. The molecule has 1 heteroatoms. The number of allylic oxidation sites excluding steroid dienone is 2. The van der Waals surface area contributed by atoms with Crippen LogP contribution in [-0.4, -0.2) is 0 Å². The van der Waals surface area contributed by atoms with Crippen molar-refractivity contribution in [1.29, 1.82) is 0 Å². The van der Waals surface area contributed by atoms with Gasteiger partial charge in [-0.3, -0.25) is 0 Å². The third-order valence-electron chi connectivity index (χ3n) is 3.19. The summed E-state index contributed by atoms with van der Waals surface area (Å²) < 4.78 is 0. The molecule has 0 bridgehead atoms. The van der Waals surface area contributed by atoms with E-state index < -0.39 is 0 Å². The van der Waals surface area contributed by atoms with Gasteiger partial charge in [-0.1, -0.05) is 86.1 Å². The topological polar surface area (TPSA) is 0 Å². The van der Waals surface area contributed by atoms with Gasteiger partial charge in [0, 0.05) is 5.02 Å². The summed E-state index contributed by atoms with van der Waals surface area (Å²) in [7, 11) is 0. The lowest BCUT2D eigenvalue weighted by Gasteiger charge is -2.07. The molecular weight excluding hydrogens is 264 g/mol. The van der Waals surface area contributed by atoms with Gasteiger partial charge in [0.05, 0.1) is 0 Å². The predicted molar refractivity (Wildman–Crippen MR) is 90.0 cm³/mol. The Balaban J connectivity index is 2.15. The minimum absolute atomic E-state index is 0.777. The Morgan fingerprint density at radius 1 is 1.15 bits per heavy atom. The van der Waals surface area contributed by atoms with Gasteiger partial charge >= 0.3 is 0 Å². The molecule has 2 aromatic carbocycles. The Labute approximate surface area is 126 Å². The lowest BCUT2D eigenvalue weighted by molar-refractivity contribution is 0.922. The van der Waals surface area contributed by atoms with Gasteiger partial charge in [0.15, 0.2) is 0 Å². The molecule has 0 amide bonds. The van der Waals surface area contributed by atoms with E-state index in [2.05, 4.69) is 43.8 Å². The molecule has 0 radical (unpaired) electrons. The summed E-state index contributed by atoms with van der Waals surface area (Å²) in [5, 5.41) is 0.777. The molecule has 2 rings (SSSR count). The molecule has 0 spiro atoms. The first kappa shape index (κ1) is 14.6. The van der Waals surface area contributed by atoms with Crippen LogP contribution in [0.25, 0.3) is 11.6 Å². The molecule has 0 fully saturated rings. The quantitative estimate of drug-likeness (QED) is 0.588. The van der Waals surface area contributed by atoms with E-state index in [-0.39, 0.29) is 0 Å². The molecule has 2 aromatic rings. The lowest BCUT2D eigenvalue weighted by Crippen LogP contribution is -1.87. The highest BCUT2D eigenvalue weighted by Gasteiger charge is 2.03. The third-order valence-corrected chi connectivity index (χ3v) is 3.51. The third kappa shape index (κ3) is 3.85. The smallest absolute Gasteiger partial charge is 0.0486 e. The van der Waals surface area contributed by atoms with Gasteiger partial charge in [0.1, 0.15) is 0 Å². The maximum Gasteiger partial charge on any atom is 0.0486 e. The second-order valence-corrected chi connectivity index (χ2v) is 5.24. The Morgan fingerprint density at radius 3 is 2.55 bits per heavy atom. The van der Waals surface area contributed by atoms with Gasteiger partial charge in [-0.2, -0.15) is 0 Å². The number of benzene rings is 2. The molecule has 0 unspecified atom stereocenters. The Hall–Kier alpha value is -1.79. The van der Waals surface area contributed by atoms with Crippen LogP contribution in [-0.2, 0) is 6.42 Å². The number of hydrogen-bond acceptors (Lipinski definition) is 0. The van der Waals surface area contributed by atoms with E-state index in [4.69, 9.17) is 11.6 Å². The van der Waals surface area contributed by atoms with Crippen molar-refractivity contribution < 1.29 is 0 Å². The molecule has 0 N–H and O–H groups in total. The van der Waals surface area contributed by atoms with Gasteiger partial charge < -0.3 is 0 Å². The molecule has 0 atom stereocenters. The summed E-state index contributed by atoms with van der Waals surface area (Å²) in [5.41, 5.74) is 4.37. The maximum atomic E-state index is 6.35. The van der Waals surface area contributed by atoms with Crippen LogP contribution in [0.1, 0.15) is 30.0 Å². The summed E-state index contributed by atoms with van der Waals surface area (Å²) in [5.74, 6) is 0. The first-order valence-corrected chi connectivity index (χ1v) is 7.29. The average Bonchev–Trinajstić information content (AvgIpc) is 2.46. The van der Waals surface area contributed by atoms with E-state index in [0.29, 0.717) is 0 Å². The van der Waals surface area contributed by atoms with E-state index in [1.807, 2.05) is 30.3 Å². The molecule has 0 saturated heterocycles. The van der Waals surface area contributed by atoms with Crippen molar-refractivity contribution in [1.82, 2.24) is 0 Å². The number of rotatable bonds is 5. The molecule has 0 nitrogen and oxygen atoms in total. The summed E-state index contributed by atoms with van der Waals surface area (Å²) in [4.78, 5) is 0. The zero-order valence-electron chi connectivity index (χ0n) is 11.8.